The van der Waals surface area contributed by atoms with E-state index in [0.717, 1.165) is 29.9 Å². The standard InChI is InChI=1S/C14H22O3/c1-4-8-16-10-13-9-12(11(3)15)6-7-14(13)17-5-2/h6-7,9,11,15H,4-5,8,10H2,1-3H3. The summed E-state index contributed by atoms with van der Waals surface area (Å²) in [7, 11) is 0. The molecule has 0 bridgehead atoms. The summed E-state index contributed by atoms with van der Waals surface area (Å²) in [6.07, 6.45) is 0.538. The monoisotopic (exact) mass is 238 g/mol. The highest BCUT2D eigenvalue weighted by atomic mass is 16.5. The molecule has 0 saturated carbocycles. The maximum Gasteiger partial charge on any atom is 0.124 e. The summed E-state index contributed by atoms with van der Waals surface area (Å²) in [5, 5.41) is 9.56. The van der Waals surface area contributed by atoms with Gasteiger partial charge in [-0.15, -0.1) is 0 Å². The molecule has 3 heteroatoms. The van der Waals surface area contributed by atoms with Crippen molar-refractivity contribution in [1.29, 1.82) is 0 Å². The highest BCUT2D eigenvalue weighted by Gasteiger charge is 2.08. The number of ether oxygens (including phenoxy) is 2. The van der Waals surface area contributed by atoms with Crippen LogP contribution in [0.4, 0.5) is 0 Å². The molecule has 1 rings (SSSR count). The molecular weight excluding hydrogens is 216 g/mol. The van der Waals surface area contributed by atoms with Gasteiger partial charge in [-0.1, -0.05) is 13.0 Å². The summed E-state index contributed by atoms with van der Waals surface area (Å²) in [6.45, 7) is 7.70. The van der Waals surface area contributed by atoms with Gasteiger partial charge in [0, 0.05) is 12.2 Å². The second-order valence-corrected chi connectivity index (χ2v) is 4.03. The molecule has 0 aliphatic carbocycles. The Bertz CT molecular complexity index is 334. The highest BCUT2D eigenvalue weighted by molar-refractivity contribution is 5.37. The SMILES string of the molecule is CCCOCc1cc(C(C)O)ccc1OCC. The molecule has 0 spiro atoms. The average molecular weight is 238 g/mol. The van der Waals surface area contributed by atoms with E-state index < -0.39 is 6.10 Å². The Morgan fingerprint density at radius 3 is 2.65 bits per heavy atom. The molecule has 0 aliphatic heterocycles. The fourth-order valence-corrected chi connectivity index (χ4v) is 1.59. The second-order valence-electron chi connectivity index (χ2n) is 4.03. The van der Waals surface area contributed by atoms with Gasteiger partial charge < -0.3 is 14.6 Å². The summed E-state index contributed by atoms with van der Waals surface area (Å²) in [5.74, 6) is 0.841. The van der Waals surface area contributed by atoms with Crippen LogP contribution < -0.4 is 4.74 Å². The first-order chi connectivity index (χ1) is 8.19. The summed E-state index contributed by atoms with van der Waals surface area (Å²) in [5.41, 5.74) is 1.89. The largest absolute Gasteiger partial charge is 0.494 e. The molecule has 0 fully saturated rings. The van der Waals surface area contributed by atoms with Crippen molar-refractivity contribution in [2.24, 2.45) is 0 Å². The Balaban J connectivity index is 2.82. The lowest BCUT2D eigenvalue weighted by Crippen LogP contribution is -2.02. The Kier molecular flexibility index (Phi) is 6.01. The van der Waals surface area contributed by atoms with Crippen LogP contribution in [0.25, 0.3) is 0 Å². The van der Waals surface area contributed by atoms with Crippen molar-refractivity contribution in [3.8, 4) is 5.75 Å². The van der Waals surface area contributed by atoms with Gasteiger partial charge in [-0.3, -0.25) is 0 Å². The van der Waals surface area contributed by atoms with Crippen molar-refractivity contribution in [3.63, 3.8) is 0 Å². The Morgan fingerprint density at radius 1 is 1.29 bits per heavy atom. The molecule has 1 atom stereocenters. The molecule has 0 amide bonds. The van der Waals surface area contributed by atoms with Crippen LogP contribution in [0.1, 0.15) is 44.4 Å². The van der Waals surface area contributed by atoms with Crippen molar-refractivity contribution in [1.82, 2.24) is 0 Å². The van der Waals surface area contributed by atoms with Crippen LogP contribution in [-0.4, -0.2) is 18.3 Å². The maximum atomic E-state index is 9.56. The van der Waals surface area contributed by atoms with Gasteiger partial charge in [-0.05, 0) is 38.0 Å². The first-order valence-corrected chi connectivity index (χ1v) is 6.20. The van der Waals surface area contributed by atoms with Crippen molar-refractivity contribution < 1.29 is 14.6 Å². The van der Waals surface area contributed by atoms with E-state index in [4.69, 9.17) is 9.47 Å². The molecule has 0 aliphatic rings. The van der Waals surface area contributed by atoms with Crippen LogP contribution >= 0.6 is 0 Å². The van der Waals surface area contributed by atoms with Crippen LogP contribution in [0.15, 0.2) is 18.2 Å². The van der Waals surface area contributed by atoms with Crippen LogP contribution in [0.5, 0.6) is 5.75 Å². The third kappa shape index (κ3) is 4.36. The predicted molar refractivity (Wildman–Crippen MR) is 68.2 cm³/mol. The minimum absolute atomic E-state index is 0.462. The van der Waals surface area contributed by atoms with Gasteiger partial charge in [0.2, 0.25) is 0 Å². The van der Waals surface area contributed by atoms with E-state index in [2.05, 4.69) is 6.92 Å². The first kappa shape index (κ1) is 14.0. The third-order valence-electron chi connectivity index (χ3n) is 2.47. The molecule has 0 saturated heterocycles. The van der Waals surface area contributed by atoms with Crippen LogP contribution in [0.3, 0.4) is 0 Å². The molecule has 1 N–H and O–H groups in total. The molecule has 1 aromatic rings. The van der Waals surface area contributed by atoms with Crippen molar-refractivity contribution >= 4 is 0 Å². The summed E-state index contributed by atoms with van der Waals surface area (Å²) in [4.78, 5) is 0. The summed E-state index contributed by atoms with van der Waals surface area (Å²) < 4.78 is 11.1. The molecule has 0 radical (unpaired) electrons. The second kappa shape index (κ2) is 7.30. The van der Waals surface area contributed by atoms with Crippen LogP contribution in [0, 0.1) is 0 Å². The molecule has 17 heavy (non-hydrogen) atoms. The topological polar surface area (TPSA) is 38.7 Å². The molecular formula is C14H22O3. The molecule has 0 heterocycles. The average Bonchev–Trinajstić information content (AvgIpc) is 2.31. The zero-order chi connectivity index (χ0) is 12.7. The molecule has 96 valence electrons. The minimum Gasteiger partial charge on any atom is -0.494 e. The maximum absolute atomic E-state index is 9.56. The number of hydrogen-bond donors (Lipinski definition) is 1. The zero-order valence-electron chi connectivity index (χ0n) is 10.9. The van der Waals surface area contributed by atoms with E-state index in [1.165, 1.54) is 0 Å². The van der Waals surface area contributed by atoms with E-state index in [0.29, 0.717) is 13.2 Å². The van der Waals surface area contributed by atoms with Crippen LogP contribution in [0.2, 0.25) is 0 Å². The van der Waals surface area contributed by atoms with Gasteiger partial charge in [-0.2, -0.15) is 0 Å². The zero-order valence-corrected chi connectivity index (χ0v) is 10.9. The van der Waals surface area contributed by atoms with Gasteiger partial charge in [-0.25, -0.2) is 0 Å². The molecule has 1 aromatic carbocycles. The van der Waals surface area contributed by atoms with E-state index in [1.807, 2.05) is 25.1 Å². The number of hydrogen-bond acceptors (Lipinski definition) is 3. The third-order valence-corrected chi connectivity index (χ3v) is 2.47. The van der Waals surface area contributed by atoms with Gasteiger partial charge in [0.25, 0.3) is 0 Å². The summed E-state index contributed by atoms with van der Waals surface area (Å²) in [6, 6.07) is 5.74. The normalized spacial score (nSPS) is 12.5. The lowest BCUT2D eigenvalue weighted by molar-refractivity contribution is 0.118. The quantitative estimate of drug-likeness (QED) is 0.742. The Labute approximate surface area is 103 Å². The Hall–Kier alpha value is -1.06. The number of rotatable bonds is 7. The van der Waals surface area contributed by atoms with E-state index in [-0.39, 0.29) is 0 Å². The fraction of sp³-hybridized carbons (Fsp3) is 0.571. The first-order valence-electron chi connectivity index (χ1n) is 6.20. The molecule has 1 unspecified atom stereocenters. The number of aliphatic hydroxyl groups excluding tert-OH is 1. The predicted octanol–water partition coefficient (Wildman–Crippen LogP) is 3.07. The molecule has 3 nitrogen and oxygen atoms in total. The molecule has 0 aromatic heterocycles. The van der Waals surface area contributed by atoms with Crippen molar-refractivity contribution in [2.75, 3.05) is 13.2 Å². The number of aliphatic hydroxyl groups is 1. The van der Waals surface area contributed by atoms with E-state index in [1.54, 1.807) is 6.92 Å². The fourth-order valence-electron chi connectivity index (χ4n) is 1.59. The number of benzene rings is 1. The Morgan fingerprint density at radius 2 is 2.06 bits per heavy atom. The minimum atomic E-state index is -0.462. The van der Waals surface area contributed by atoms with Crippen molar-refractivity contribution in [3.05, 3.63) is 29.3 Å². The van der Waals surface area contributed by atoms with Gasteiger partial charge >= 0.3 is 0 Å². The smallest absolute Gasteiger partial charge is 0.124 e. The van der Waals surface area contributed by atoms with Gasteiger partial charge in [0.15, 0.2) is 0 Å². The van der Waals surface area contributed by atoms with Gasteiger partial charge in [0.1, 0.15) is 5.75 Å². The van der Waals surface area contributed by atoms with E-state index in [9.17, 15) is 5.11 Å². The lowest BCUT2D eigenvalue weighted by atomic mass is 10.1. The van der Waals surface area contributed by atoms with E-state index >= 15 is 0 Å². The van der Waals surface area contributed by atoms with Crippen molar-refractivity contribution in [2.45, 2.75) is 39.9 Å². The lowest BCUT2D eigenvalue weighted by Gasteiger charge is -2.13. The highest BCUT2D eigenvalue weighted by Crippen LogP contribution is 2.24. The summed E-state index contributed by atoms with van der Waals surface area (Å²) >= 11 is 0. The van der Waals surface area contributed by atoms with Crippen LogP contribution in [-0.2, 0) is 11.3 Å². The van der Waals surface area contributed by atoms with Gasteiger partial charge in [0.05, 0.1) is 19.3 Å².